The smallest absolute Gasteiger partial charge is 0.247 e. The first-order chi connectivity index (χ1) is 6.81. The van der Waals surface area contributed by atoms with Gasteiger partial charge in [-0.1, -0.05) is 44.6 Å². The van der Waals surface area contributed by atoms with Crippen molar-refractivity contribution in [2.75, 3.05) is 0 Å². The third-order valence-electron chi connectivity index (χ3n) is 1.53. The van der Waals surface area contributed by atoms with Crippen LogP contribution in [0.15, 0.2) is 36.6 Å². The molecule has 0 heterocycles. The van der Waals surface area contributed by atoms with E-state index in [-0.39, 0.29) is 5.91 Å². The van der Waals surface area contributed by atoms with Crippen LogP contribution in [0.3, 0.4) is 0 Å². The van der Waals surface area contributed by atoms with E-state index < -0.39 is 0 Å². The van der Waals surface area contributed by atoms with E-state index in [9.17, 15) is 4.79 Å². The second-order valence-corrected chi connectivity index (χ2v) is 2.90. The van der Waals surface area contributed by atoms with Crippen molar-refractivity contribution in [2.24, 2.45) is 0 Å². The van der Waals surface area contributed by atoms with Crippen molar-refractivity contribution in [3.8, 4) is 0 Å². The van der Waals surface area contributed by atoms with Crippen LogP contribution >= 0.6 is 0 Å². The SMILES string of the molecule is CC/C=C\C=C/C(=O)N/C=C/CCC. The quantitative estimate of drug-likeness (QED) is 0.510. The Hall–Kier alpha value is -1.31. The van der Waals surface area contributed by atoms with Gasteiger partial charge < -0.3 is 5.32 Å². The van der Waals surface area contributed by atoms with Crippen LogP contribution in [0.1, 0.15) is 33.1 Å². The number of hydrogen-bond donors (Lipinski definition) is 1. The number of hydrogen-bond acceptors (Lipinski definition) is 1. The van der Waals surface area contributed by atoms with Gasteiger partial charge in [-0.3, -0.25) is 4.79 Å². The van der Waals surface area contributed by atoms with E-state index in [0.717, 1.165) is 19.3 Å². The number of carbonyl (C=O) groups excluding carboxylic acids is 1. The van der Waals surface area contributed by atoms with Gasteiger partial charge in [-0.25, -0.2) is 0 Å². The van der Waals surface area contributed by atoms with Crippen molar-refractivity contribution in [1.29, 1.82) is 0 Å². The zero-order chi connectivity index (χ0) is 10.6. The predicted molar refractivity (Wildman–Crippen MR) is 60.8 cm³/mol. The highest BCUT2D eigenvalue weighted by molar-refractivity contribution is 5.88. The highest BCUT2D eigenvalue weighted by Crippen LogP contribution is 1.86. The molecule has 0 unspecified atom stereocenters. The first-order valence-electron chi connectivity index (χ1n) is 5.10. The summed E-state index contributed by atoms with van der Waals surface area (Å²) in [6.07, 6.45) is 13.9. The van der Waals surface area contributed by atoms with E-state index >= 15 is 0 Å². The van der Waals surface area contributed by atoms with Crippen molar-refractivity contribution >= 4 is 5.91 Å². The Labute approximate surface area is 86.4 Å². The highest BCUT2D eigenvalue weighted by Gasteiger charge is 1.86. The van der Waals surface area contributed by atoms with E-state index in [0.29, 0.717) is 0 Å². The number of rotatable bonds is 6. The zero-order valence-electron chi connectivity index (χ0n) is 8.99. The van der Waals surface area contributed by atoms with Crippen molar-refractivity contribution in [3.63, 3.8) is 0 Å². The monoisotopic (exact) mass is 193 g/mol. The number of unbranched alkanes of at least 4 members (excludes halogenated alkanes) is 1. The zero-order valence-corrected chi connectivity index (χ0v) is 8.99. The number of nitrogens with one attached hydrogen (secondary N) is 1. The third kappa shape index (κ3) is 8.78. The molecule has 78 valence electrons. The van der Waals surface area contributed by atoms with Crippen molar-refractivity contribution in [2.45, 2.75) is 33.1 Å². The molecule has 0 aromatic carbocycles. The summed E-state index contributed by atoms with van der Waals surface area (Å²) in [7, 11) is 0. The molecule has 0 aliphatic rings. The van der Waals surface area contributed by atoms with Gasteiger partial charge in [0.15, 0.2) is 0 Å². The van der Waals surface area contributed by atoms with Crippen LogP contribution in [0.4, 0.5) is 0 Å². The lowest BCUT2D eigenvalue weighted by atomic mass is 10.3. The van der Waals surface area contributed by atoms with E-state index in [1.807, 2.05) is 18.2 Å². The minimum absolute atomic E-state index is 0.0851. The molecule has 0 fully saturated rings. The molecule has 0 bridgehead atoms. The first kappa shape index (κ1) is 12.7. The second kappa shape index (κ2) is 9.78. The fourth-order valence-corrected chi connectivity index (χ4v) is 0.797. The highest BCUT2D eigenvalue weighted by atomic mass is 16.1. The van der Waals surface area contributed by atoms with Gasteiger partial charge in [-0.05, 0) is 12.8 Å². The van der Waals surface area contributed by atoms with Gasteiger partial charge in [0.05, 0.1) is 0 Å². The van der Waals surface area contributed by atoms with Crippen LogP contribution < -0.4 is 5.32 Å². The molecule has 1 N–H and O–H groups in total. The van der Waals surface area contributed by atoms with Crippen molar-refractivity contribution in [3.05, 3.63) is 36.6 Å². The Morgan fingerprint density at radius 1 is 1.21 bits per heavy atom. The summed E-state index contributed by atoms with van der Waals surface area (Å²) in [5.41, 5.74) is 0. The Bertz CT molecular complexity index is 226. The largest absolute Gasteiger partial charge is 0.329 e. The summed E-state index contributed by atoms with van der Waals surface area (Å²) in [6, 6.07) is 0. The minimum atomic E-state index is -0.0851. The summed E-state index contributed by atoms with van der Waals surface area (Å²) >= 11 is 0. The molecule has 0 atom stereocenters. The van der Waals surface area contributed by atoms with Gasteiger partial charge >= 0.3 is 0 Å². The fourth-order valence-electron chi connectivity index (χ4n) is 0.797. The van der Waals surface area contributed by atoms with Crippen LogP contribution in [0.25, 0.3) is 0 Å². The minimum Gasteiger partial charge on any atom is -0.329 e. The van der Waals surface area contributed by atoms with Crippen LogP contribution in [0, 0.1) is 0 Å². The molecule has 0 rings (SSSR count). The molecule has 0 spiro atoms. The van der Waals surface area contributed by atoms with Crippen LogP contribution in [0.5, 0.6) is 0 Å². The molecule has 0 aromatic rings. The first-order valence-corrected chi connectivity index (χ1v) is 5.10. The Morgan fingerprint density at radius 2 is 2.00 bits per heavy atom. The standard InChI is InChI=1S/C12H19NO/c1-3-5-7-8-10-12(14)13-11-9-6-4-2/h5,7-11H,3-4,6H2,1-2H3,(H,13,14)/b7-5-,10-8-,11-9+. The average molecular weight is 193 g/mol. The molecule has 2 nitrogen and oxygen atoms in total. The number of carbonyl (C=O) groups is 1. The molecule has 0 saturated heterocycles. The Balaban J connectivity index is 3.64. The maximum absolute atomic E-state index is 11.1. The number of allylic oxidation sites excluding steroid dienone is 4. The predicted octanol–water partition coefficient (Wildman–Crippen LogP) is 2.94. The van der Waals surface area contributed by atoms with E-state index in [4.69, 9.17) is 0 Å². The fraction of sp³-hybridized carbons (Fsp3) is 0.417. The van der Waals surface area contributed by atoms with Gasteiger partial charge in [0.1, 0.15) is 0 Å². The summed E-state index contributed by atoms with van der Waals surface area (Å²) < 4.78 is 0. The van der Waals surface area contributed by atoms with E-state index in [1.165, 1.54) is 6.08 Å². The van der Waals surface area contributed by atoms with Gasteiger partial charge in [-0.15, -0.1) is 0 Å². The van der Waals surface area contributed by atoms with Gasteiger partial charge in [0, 0.05) is 12.3 Å². The summed E-state index contributed by atoms with van der Waals surface area (Å²) in [6.45, 7) is 4.15. The van der Waals surface area contributed by atoms with Crippen LogP contribution in [-0.4, -0.2) is 5.91 Å². The summed E-state index contributed by atoms with van der Waals surface area (Å²) in [5.74, 6) is -0.0851. The lowest BCUT2D eigenvalue weighted by Gasteiger charge is -1.91. The van der Waals surface area contributed by atoms with Crippen LogP contribution in [0.2, 0.25) is 0 Å². The van der Waals surface area contributed by atoms with Gasteiger partial charge in [-0.2, -0.15) is 0 Å². The van der Waals surface area contributed by atoms with Crippen LogP contribution in [-0.2, 0) is 4.79 Å². The Kier molecular flexibility index (Phi) is 8.86. The van der Waals surface area contributed by atoms with Crippen molar-refractivity contribution < 1.29 is 4.79 Å². The Morgan fingerprint density at radius 3 is 2.64 bits per heavy atom. The molecular weight excluding hydrogens is 174 g/mol. The van der Waals surface area contributed by atoms with E-state index in [1.54, 1.807) is 12.3 Å². The van der Waals surface area contributed by atoms with Crippen molar-refractivity contribution in [1.82, 2.24) is 5.32 Å². The molecule has 2 heteroatoms. The topological polar surface area (TPSA) is 29.1 Å². The molecule has 0 aliphatic heterocycles. The third-order valence-corrected chi connectivity index (χ3v) is 1.53. The van der Waals surface area contributed by atoms with Gasteiger partial charge in [0.2, 0.25) is 5.91 Å². The average Bonchev–Trinajstić information content (AvgIpc) is 2.19. The second-order valence-electron chi connectivity index (χ2n) is 2.90. The molecular formula is C12H19NO. The summed E-state index contributed by atoms with van der Waals surface area (Å²) in [4.78, 5) is 11.1. The molecule has 0 radical (unpaired) electrons. The summed E-state index contributed by atoms with van der Waals surface area (Å²) in [5, 5.41) is 2.65. The van der Waals surface area contributed by atoms with Gasteiger partial charge in [0.25, 0.3) is 0 Å². The normalized spacial score (nSPS) is 11.9. The molecule has 14 heavy (non-hydrogen) atoms. The molecule has 1 amide bonds. The molecule has 0 aromatic heterocycles. The lowest BCUT2D eigenvalue weighted by Crippen LogP contribution is -2.13. The lowest BCUT2D eigenvalue weighted by molar-refractivity contribution is -0.115. The molecule has 0 saturated carbocycles. The van der Waals surface area contributed by atoms with E-state index in [2.05, 4.69) is 19.2 Å². The maximum Gasteiger partial charge on any atom is 0.247 e. The molecule has 0 aliphatic carbocycles. The number of amides is 1. The maximum atomic E-state index is 11.1.